The average molecular weight is 414 g/mol. The van der Waals surface area contributed by atoms with Crippen LogP contribution in [0, 0.1) is 24.7 Å². The molecule has 2 amide bonds. The molecule has 0 saturated heterocycles. The molecule has 2 atom stereocenters. The molecule has 27 heavy (non-hydrogen) atoms. The molecule has 0 aromatic heterocycles. The highest BCUT2D eigenvalue weighted by Crippen LogP contribution is 2.41. The first-order valence-electron chi connectivity index (χ1n) is 9.54. The van der Waals surface area contributed by atoms with Crippen molar-refractivity contribution >= 4 is 41.5 Å². The molecular formula is C20H29Cl2N3O2. The molecule has 7 heteroatoms. The second-order valence-electron chi connectivity index (χ2n) is 7.70. The maximum atomic E-state index is 12.5. The van der Waals surface area contributed by atoms with Gasteiger partial charge in [0.2, 0.25) is 11.8 Å². The lowest BCUT2D eigenvalue weighted by molar-refractivity contribution is -0.128. The smallest absolute Gasteiger partial charge is 0.226 e. The molecule has 150 valence electrons. The van der Waals surface area contributed by atoms with Gasteiger partial charge in [-0.15, -0.1) is 12.4 Å². The number of amides is 2. The predicted octanol–water partition coefficient (Wildman–Crippen LogP) is 3.67. The zero-order chi connectivity index (χ0) is 18.7. The lowest BCUT2D eigenvalue weighted by Gasteiger charge is -2.43. The average Bonchev–Trinajstić information content (AvgIpc) is 2.58. The first kappa shape index (κ1) is 22.0. The van der Waals surface area contributed by atoms with Gasteiger partial charge in [-0.25, -0.2) is 0 Å². The molecule has 1 aromatic carbocycles. The fourth-order valence-corrected chi connectivity index (χ4v) is 4.58. The number of rotatable bonds is 5. The number of nitrogens with one attached hydrogen (secondary N) is 2. The molecule has 0 radical (unpaired) electrons. The molecule has 5 nitrogen and oxygen atoms in total. The number of hydrogen-bond donors (Lipinski definition) is 3. The van der Waals surface area contributed by atoms with Crippen molar-refractivity contribution in [3.63, 3.8) is 0 Å². The van der Waals surface area contributed by atoms with Gasteiger partial charge < -0.3 is 16.4 Å². The molecule has 2 aliphatic rings. The number of benzene rings is 1. The van der Waals surface area contributed by atoms with E-state index in [0.29, 0.717) is 29.1 Å². The summed E-state index contributed by atoms with van der Waals surface area (Å²) in [5, 5.41) is 6.41. The Morgan fingerprint density at radius 2 is 1.89 bits per heavy atom. The lowest BCUT2D eigenvalue weighted by atomic mass is 9.65. The standard InChI is InChI=1S/C20H28ClN3O2.ClH/c1-12-16(21)6-3-7-17(12)24-18(25)8-9-23-20(26)15-10-13-4-2-5-14(11-15)19(13)22;/h3,6-7,13-15,19H,2,4-5,8-11,22H2,1H3,(H,23,26)(H,24,25);1H. The SMILES string of the molecule is Cc1c(Cl)cccc1NC(=O)CCNC(=O)C1CC2CCCC(C1)C2N.Cl. The van der Waals surface area contributed by atoms with Crippen LogP contribution in [-0.4, -0.2) is 24.4 Å². The summed E-state index contributed by atoms with van der Waals surface area (Å²) >= 11 is 6.06. The van der Waals surface area contributed by atoms with Gasteiger partial charge >= 0.3 is 0 Å². The van der Waals surface area contributed by atoms with Gasteiger partial charge in [0.05, 0.1) is 0 Å². The van der Waals surface area contributed by atoms with Crippen molar-refractivity contribution in [3.05, 3.63) is 28.8 Å². The third-order valence-electron chi connectivity index (χ3n) is 5.98. The van der Waals surface area contributed by atoms with Gasteiger partial charge in [0, 0.05) is 35.6 Å². The van der Waals surface area contributed by atoms with Crippen LogP contribution in [0.3, 0.4) is 0 Å². The van der Waals surface area contributed by atoms with E-state index in [1.165, 1.54) is 6.42 Å². The quantitative estimate of drug-likeness (QED) is 0.688. The highest BCUT2D eigenvalue weighted by molar-refractivity contribution is 6.31. The van der Waals surface area contributed by atoms with Crippen LogP contribution < -0.4 is 16.4 Å². The van der Waals surface area contributed by atoms with Gasteiger partial charge in [0.15, 0.2) is 0 Å². The molecule has 3 rings (SSSR count). The van der Waals surface area contributed by atoms with E-state index in [4.69, 9.17) is 17.3 Å². The Morgan fingerprint density at radius 3 is 2.56 bits per heavy atom. The van der Waals surface area contributed by atoms with E-state index in [1.807, 2.05) is 13.0 Å². The largest absolute Gasteiger partial charge is 0.355 e. The first-order valence-corrected chi connectivity index (χ1v) is 9.91. The Kier molecular flexibility index (Phi) is 7.95. The molecule has 4 N–H and O–H groups in total. The van der Waals surface area contributed by atoms with Gasteiger partial charge in [-0.3, -0.25) is 9.59 Å². The molecule has 2 unspecified atom stereocenters. The van der Waals surface area contributed by atoms with Crippen LogP contribution >= 0.6 is 24.0 Å². The highest BCUT2D eigenvalue weighted by atomic mass is 35.5. The normalized spacial score (nSPS) is 26.6. The first-order chi connectivity index (χ1) is 12.5. The van der Waals surface area contributed by atoms with Crippen molar-refractivity contribution in [2.75, 3.05) is 11.9 Å². The van der Waals surface area contributed by atoms with E-state index in [9.17, 15) is 9.59 Å². The third kappa shape index (κ3) is 5.37. The molecule has 2 saturated carbocycles. The molecule has 2 bridgehead atoms. The minimum Gasteiger partial charge on any atom is -0.355 e. The molecule has 0 heterocycles. The predicted molar refractivity (Wildman–Crippen MR) is 111 cm³/mol. The second kappa shape index (κ2) is 9.76. The second-order valence-corrected chi connectivity index (χ2v) is 8.11. The zero-order valence-corrected chi connectivity index (χ0v) is 17.2. The number of hydrogen-bond acceptors (Lipinski definition) is 3. The number of fused-ring (bicyclic) bond motifs is 2. The topological polar surface area (TPSA) is 84.2 Å². The lowest BCUT2D eigenvalue weighted by Crippen LogP contribution is -2.49. The van der Waals surface area contributed by atoms with E-state index in [0.717, 1.165) is 31.2 Å². The van der Waals surface area contributed by atoms with Crippen LogP contribution in [0.1, 0.15) is 44.1 Å². The highest BCUT2D eigenvalue weighted by Gasteiger charge is 2.40. The van der Waals surface area contributed by atoms with Crippen LogP contribution in [-0.2, 0) is 9.59 Å². The summed E-state index contributed by atoms with van der Waals surface area (Å²) in [5.74, 6) is 0.946. The minimum absolute atomic E-state index is 0. The van der Waals surface area contributed by atoms with Crippen LogP contribution in [0.25, 0.3) is 0 Å². The number of anilines is 1. The fraction of sp³-hybridized carbons (Fsp3) is 0.600. The van der Waals surface area contributed by atoms with Crippen molar-refractivity contribution in [2.45, 2.75) is 51.5 Å². The van der Waals surface area contributed by atoms with Gasteiger partial charge in [-0.1, -0.05) is 24.1 Å². The van der Waals surface area contributed by atoms with Crippen molar-refractivity contribution in [1.29, 1.82) is 0 Å². The number of carbonyl (C=O) groups is 2. The summed E-state index contributed by atoms with van der Waals surface area (Å²) in [5.41, 5.74) is 7.84. The van der Waals surface area contributed by atoms with Crippen molar-refractivity contribution < 1.29 is 9.59 Å². The van der Waals surface area contributed by atoms with Gasteiger partial charge in [0.25, 0.3) is 0 Å². The summed E-state index contributed by atoms with van der Waals surface area (Å²) < 4.78 is 0. The number of nitrogens with two attached hydrogens (primary N) is 1. The molecule has 0 aliphatic heterocycles. The summed E-state index contributed by atoms with van der Waals surface area (Å²) in [6.07, 6.45) is 5.54. The Morgan fingerprint density at radius 1 is 1.22 bits per heavy atom. The van der Waals surface area contributed by atoms with Crippen molar-refractivity contribution in [1.82, 2.24) is 5.32 Å². The molecule has 2 fully saturated rings. The van der Waals surface area contributed by atoms with Crippen LogP contribution in [0.4, 0.5) is 5.69 Å². The number of halogens is 2. The number of carbonyl (C=O) groups excluding carboxylic acids is 2. The van der Waals surface area contributed by atoms with E-state index < -0.39 is 0 Å². The van der Waals surface area contributed by atoms with Crippen molar-refractivity contribution in [2.24, 2.45) is 23.5 Å². The summed E-state index contributed by atoms with van der Waals surface area (Å²) in [6, 6.07) is 5.68. The molecule has 2 aliphatic carbocycles. The van der Waals surface area contributed by atoms with Crippen molar-refractivity contribution in [3.8, 4) is 0 Å². The molecule has 0 spiro atoms. The summed E-state index contributed by atoms with van der Waals surface area (Å²) in [4.78, 5) is 24.6. The maximum absolute atomic E-state index is 12.5. The third-order valence-corrected chi connectivity index (χ3v) is 6.39. The zero-order valence-electron chi connectivity index (χ0n) is 15.7. The maximum Gasteiger partial charge on any atom is 0.226 e. The van der Waals surface area contributed by atoms with Crippen LogP contribution in [0.15, 0.2) is 18.2 Å². The van der Waals surface area contributed by atoms with E-state index in [1.54, 1.807) is 12.1 Å². The summed E-state index contributed by atoms with van der Waals surface area (Å²) in [7, 11) is 0. The van der Waals surface area contributed by atoms with Gasteiger partial charge in [0.1, 0.15) is 0 Å². The monoisotopic (exact) mass is 413 g/mol. The Bertz CT molecular complexity index is 669. The minimum atomic E-state index is -0.127. The van der Waals surface area contributed by atoms with Crippen LogP contribution in [0.5, 0.6) is 0 Å². The Hall–Kier alpha value is -1.30. The van der Waals surface area contributed by atoms with E-state index in [2.05, 4.69) is 10.6 Å². The van der Waals surface area contributed by atoms with Gasteiger partial charge in [-0.05, 0) is 62.1 Å². The van der Waals surface area contributed by atoms with Gasteiger partial charge in [-0.2, -0.15) is 0 Å². The Balaban J connectivity index is 0.00000261. The van der Waals surface area contributed by atoms with E-state index >= 15 is 0 Å². The van der Waals surface area contributed by atoms with Crippen LogP contribution in [0.2, 0.25) is 5.02 Å². The fourth-order valence-electron chi connectivity index (χ4n) is 4.40. The summed E-state index contributed by atoms with van der Waals surface area (Å²) in [6.45, 7) is 2.21. The molecular weight excluding hydrogens is 385 g/mol. The molecule has 1 aromatic rings. The van der Waals surface area contributed by atoms with E-state index in [-0.39, 0.29) is 42.6 Å². The Labute approximate surface area is 172 Å².